The van der Waals surface area contributed by atoms with Gasteiger partial charge in [-0.3, -0.25) is 0 Å². The summed E-state index contributed by atoms with van der Waals surface area (Å²) in [4.78, 5) is 2.36. The highest BCUT2D eigenvalue weighted by Gasteiger charge is 2.39. The molecule has 1 N–H and O–H groups in total. The molecule has 3 heteroatoms. The smallest absolute Gasteiger partial charge is 0.0829 e. The monoisotopic (exact) mass is 210 g/mol. The van der Waals surface area contributed by atoms with E-state index in [9.17, 15) is 5.11 Å². The van der Waals surface area contributed by atoms with Crippen molar-refractivity contribution in [1.82, 2.24) is 4.90 Å². The van der Waals surface area contributed by atoms with Gasteiger partial charge >= 0.3 is 0 Å². The quantitative estimate of drug-likeness (QED) is 0.772. The van der Waals surface area contributed by atoms with Crippen molar-refractivity contribution in [3.8, 4) is 6.07 Å². The first-order valence-electron chi connectivity index (χ1n) is 5.89. The molecule has 1 atom stereocenters. The zero-order valence-electron chi connectivity index (χ0n) is 10.0. The third-order valence-corrected chi connectivity index (χ3v) is 3.61. The van der Waals surface area contributed by atoms with Crippen molar-refractivity contribution in [2.45, 2.75) is 51.7 Å². The van der Waals surface area contributed by atoms with Crippen LogP contribution in [-0.2, 0) is 0 Å². The van der Waals surface area contributed by atoms with Crippen molar-refractivity contribution in [1.29, 1.82) is 5.26 Å². The Kier molecular flexibility index (Phi) is 4.12. The first-order chi connectivity index (χ1) is 7.03. The molecular weight excluding hydrogens is 188 g/mol. The Hall–Kier alpha value is -0.590. The van der Waals surface area contributed by atoms with E-state index in [2.05, 4.69) is 24.8 Å². The van der Waals surface area contributed by atoms with Crippen LogP contribution in [0.3, 0.4) is 0 Å². The van der Waals surface area contributed by atoms with Gasteiger partial charge in [0.1, 0.15) is 0 Å². The SMILES string of the molecule is CCC(C#N)C1(O)CCN(C(C)C)CC1. The van der Waals surface area contributed by atoms with E-state index in [0.29, 0.717) is 6.04 Å². The molecule has 1 unspecified atom stereocenters. The molecule has 1 aliphatic heterocycles. The van der Waals surface area contributed by atoms with Gasteiger partial charge in [-0.15, -0.1) is 0 Å². The van der Waals surface area contributed by atoms with Gasteiger partial charge in [-0.1, -0.05) is 6.92 Å². The molecule has 1 fully saturated rings. The van der Waals surface area contributed by atoms with E-state index < -0.39 is 5.60 Å². The number of nitrogens with zero attached hydrogens (tertiary/aromatic N) is 2. The number of piperidine rings is 1. The number of nitriles is 1. The van der Waals surface area contributed by atoms with E-state index in [4.69, 9.17) is 5.26 Å². The molecule has 0 radical (unpaired) electrons. The highest BCUT2D eigenvalue weighted by molar-refractivity contribution is 5.00. The number of likely N-dealkylation sites (tertiary alicyclic amines) is 1. The largest absolute Gasteiger partial charge is 0.388 e. The Balaban J connectivity index is 2.58. The molecule has 0 bridgehead atoms. The summed E-state index contributed by atoms with van der Waals surface area (Å²) in [5, 5.41) is 19.4. The van der Waals surface area contributed by atoms with Crippen LogP contribution < -0.4 is 0 Å². The highest BCUT2D eigenvalue weighted by Crippen LogP contribution is 2.32. The Bertz CT molecular complexity index is 236. The number of hydrogen-bond acceptors (Lipinski definition) is 3. The minimum atomic E-state index is -0.741. The molecule has 3 nitrogen and oxygen atoms in total. The highest BCUT2D eigenvalue weighted by atomic mass is 16.3. The van der Waals surface area contributed by atoms with E-state index in [1.807, 2.05) is 6.92 Å². The third-order valence-electron chi connectivity index (χ3n) is 3.61. The molecule has 1 aliphatic rings. The van der Waals surface area contributed by atoms with Gasteiger partial charge in [0.15, 0.2) is 0 Å². The molecule has 0 spiro atoms. The van der Waals surface area contributed by atoms with Crippen LogP contribution in [0.5, 0.6) is 0 Å². The Morgan fingerprint density at radius 3 is 2.27 bits per heavy atom. The first kappa shape index (κ1) is 12.5. The van der Waals surface area contributed by atoms with Crippen LogP contribution in [0.2, 0.25) is 0 Å². The van der Waals surface area contributed by atoms with Gasteiger partial charge < -0.3 is 10.0 Å². The van der Waals surface area contributed by atoms with Gasteiger partial charge in [-0.05, 0) is 33.1 Å². The van der Waals surface area contributed by atoms with Gasteiger partial charge in [0.05, 0.1) is 17.6 Å². The van der Waals surface area contributed by atoms with Crippen molar-refractivity contribution >= 4 is 0 Å². The van der Waals surface area contributed by atoms with Crippen molar-refractivity contribution in [3.05, 3.63) is 0 Å². The van der Waals surface area contributed by atoms with Crippen molar-refractivity contribution < 1.29 is 5.11 Å². The van der Waals surface area contributed by atoms with Crippen LogP contribution >= 0.6 is 0 Å². The second-order valence-corrected chi connectivity index (χ2v) is 4.82. The number of rotatable bonds is 3. The molecule has 86 valence electrons. The van der Waals surface area contributed by atoms with Crippen LogP contribution in [0.15, 0.2) is 0 Å². The first-order valence-corrected chi connectivity index (χ1v) is 5.89. The van der Waals surface area contributed by atoms with Gasteiger partial charge in [0.25, 0.3) is 0 Å². The summed E-state index contributed by atoms with van der Waals surface area (Å²) in [6, 6.07) is 2.78. The number of aliphatic hydroxyl groups is 1. The normalized spacial score (nSPS) is 23.7. The van der Waals surface area contributed by atoms with Gasteiger partial charge in [0.2, 0.25) is 0 Å². The molecule has 0 aromatic heterocycles. The molecule has 1 rings (SSSR count). The Morgan fingerprint density at radius 2 is 1.93 bits per heavy atom. The fourth-order valence-corrected chi connectivity index (χ4v) is 2.37. The molecule has 15 heavy (non-hydrogen) atoms. The van der Waals surface area contributed by atoms with E-state index >= 15 is 0 Å². The average molecular weight is 210 g/mol. The molecular formula is C12H22N2O. The fraction of sp³-hybridized carbons (Fsp3) is 0.917. The summed E-state index contributed by atoms with van der Waals surface area (Å²) in [6.07, 6.45) is 2.21. The topological polar surface area (TPSA) is 47.3 Å². The Morgan fingerprint density at radius 1 is 1.40 bits per heavy atom. The van der Waals surface area contributed by atoms with Crippen LogP contribution in [0, 0.1) is 17.2 Å². The van der Waals surface area contributed by atoms with E-state index in [1.165, 1.54) is 0 Å². The lowest BCUT2D eigenvalue weighted by Gasteiger charge is -2.41. The molecule has 0 aliphatic carbocycles. The van der Waals surface area contributed by atoms with E-state index in [-0.39, 0.29) is 5.92 Å². The molecule has 0 aromatic carbocycles. The summed E-state index contributed by atoms with van der Waals surface area (Å²) < 4.78 is 0. The lowest BCUT2D eigenvalue weighted by molar-refractivity contribution is -0.0567. The summed E-state index contributed by atoms with van der Waals surface area (Å²) in [5.41, 5.74) is -0.741. The minimum absolute atomic E-state index is 0.202. The number of hydrogen-bond donors (Lipinski definition) is 1. The zero-order chi connectivity index (χ0) is 11.5. The molecule has 1 saturated heterocycles. The summed E-state index contributed by atoms with van der Waals surface area (Å²) in [6.45, 7) is 8.14. The zero-order valence-corrected chi connectivity index (χ0v) is 10.0. The van der Waals surface area contributed by atoms with Crippen LogP contribution in [0.25, 0.3) is 0 Å². The van der Waals surface area contributed by atoms with E-state index in [1.54, 1.807) is 0 Å². The van der Waals surface area contributed by atoms with Crippen molar-refractivity contribution in [2.24, 2.45) is 5.92 Å². The predicted octanol–water partition coefficient (Wildman–Crippen LogP) is 1.77. The molecule has 0 aromatic rings. The van der Waals surface area contributed by atoms with Gasteiger partial charge in [-0.25, -0.2) is 0 Å². The predicted molar refractivity (Wildman–Crippen MR) is 60.3 cm³/mol. The maximum Gasteiger partial charge on any atom is 0.0829 e. The van der Waals surface area contributed by atoms with Crippen LogP contribution in [0.1, 0.15) is 40.0 Å². The van der Waals surface area contributed by atoms with Crippen LogP contribution in [-0.4, -0.2) is 34.7 Å². The fourth-order valence-electron chi connectivity index (χ4n) is 2.37. The maximum absolute atomic E-state index is 10.4. The minimum Gasteiger partial charge on any atom is -0.388 e. The van der Waals surface area contributed by atoms with Gasteiger partial charge in [0, 0.05) is 19.1 Å². The molecule has 0 amide bonds. The molecule has 1 heterocycles. The second kappa shape index (κ2) is 4.96. The summed E-state index contributed by atoms with van der Waals surface area (Å²) in [5.74, 6) is -0.202. The van der Waals surface area contributed by atoms with Gasteiger partial charge in [-0.2, -0.15) is 5.26 Å². The average Bonchev–Trinajstić information content (AvgIpc) is 2.19. The third kappa shape index (κ3) is 2.70. The lowest BCUT2D eigenvalue weighted by Crippen LogP contribution is -2.50. The summed E-state index contributed by atoms with van der Waals surface area (Å²) >= 11 is 0. The van der Waals surface area contributed by atoms with Crippen molar-refractivity contribution in [2.75, 3.05) is 13.1 Å². The van der Waals surface area contributed by atoms with Crippen molar-refractivity contribution in [3.63, 3.8) is 0 Å². The second-order valence-electron chi connectivity index (χ2n) is 4.82. The maximum atomic E-state index is 10.4. The van der Waals surface area contributed by atoms with Crippen LogP contribution in [0.4, 0.5) is 0 Å². The Labute approximate surface area is 92.7 Å². The standard InChI is InChI=1S/C12H22N2O/c1-4-11(9-13)12(15)5-7-14(8-6-12)10(2)3/h10-11,15H,4-8H2,1-3H3. The van der Waals surface area contributed by atoms with E-state index in [0.717, 1.165) is 32.4 Å². The molecule has 0 saturated carbocycles. The lowest BCUT2D eigenvalue weighted by atomic mass is 9.78. The summed E-state index contributed by atoms with van der Waals surface area (Å²) in [7, 11) is 0.